The van der Waals surface area contributed by atoms with Crippen molar-refractivity contribution < 1.29 is 0 Å². The second-order valence-corrected chi connectivity index (χ2v) is 6.44. The number of hydrogen-bond donors (Lipinski definition) is 3. The molecule has 1 aliphatic heterocycles. The van der Waals surface area contributed by atoms with E-state index in [9.17, 15) is 4.79 Å². The highest BCUT2D eigenvalue weighted by atomic mass is 16.1. The zero-order chi connectivity index (χ0) is 14.8. The van der Waals surface area contributed by atoms with Crippen molar-refractivity contribution in [2.75, 3.05) is 23.7 Å². The highest BCUT2D eigenvalue weighted by Gasteiger charge is 2.26. The van der Waals surface area contributed by atoms with Crippen molar-refractivity contribution in [3.05, 3.63) is 16.7 Å². The molecule has 2 rings (SSSR count). The number of H-pyrrole nitrogens is 1. The summed E-state index contributed by atoms with van der Waals surface area (Å²) in [7, 11) is 0. The first-order chi connectivity index (χ1) is 9.38. The number of aromatic amines is 1. The number of nitrogens with one attached hydrogen (secondary N) is 2. The SMILES string of the molecule is CC(C)(C)NCC1CCCCN1c1nc[nH]c(=O)c1N. The highest BCUT2D eigenvalue weighted by molar-refractivity contribution is 5.61. The van der Waals surface area contributed by atoms with Crippen LogP contribution in [0.15, 0.2) is 11.1 Å². The molecule has 2 heterocycles. The molecule has 0 radical (unpaired) electrons. The minimum Gasteiger partial charge on any atom is -0.391 e. The first-order valence-electron chi connectivity index (χ1n) is 7.23. The van der Waals surface area contributed by atoms with Gasteiger partial charge in [-0.3, -0.25) is 4.79 Å². The largest absolute Gasteiger partial charge is 0.391 e. The summed E-state index contributed by atoms with van der Waals surface area (Å²) in [5, 5.41) is 3.53. The van der Waals surface area contributed by atoms with Gasteiger partial charge in [-0.15, -0.1) is 0 Å². The van der Waals surface area contributed by atoms with E-state index in [0.717, 1.165) is 25.9 Å². The van der Waals surface area contributed by atoms with E-state index in [2.05, 4.69) is 41.0 Å². The number of nitrogen functional groups attached to an aromatic ring is 1. The van der Waals surface area contributed by atoms with Gasteiger partial charge in [0.15, 0.2) is 5.82 Å². The molecular weight excluding hydrogens is 254 g/mol. The van der Waals surface area contributed by atoms with Gasteiger partial charge in [-0.2, -0.15) is 0 Å². The van der Waals surface area contributed by atoms with Crippen LogP contribution in [0.3, 0.4) is 0 Å². The number of nitrogens with zero attached hydrogens (tertiary/aromatic N) is 2. The van der Waals surface area contributed by atoms with Crippen molar-refractivity contribution in [2.45, 2.75) is 51.6 Å². The Balaban J connectivity index is 2.18. The second kappa shape index (κ2) is 5.83. The second-order valence-electron chi connectivity index (χ2n) is 6.44. The maximum absolute atomic E-state index is 11.6. The zero-order valence-electron chi connectivity index (χ0n) is 12.6. The molecule has 0 bridgehead atoms. The third-order valence-corrected chi connectivity index (χ3v) is 3.64. The predicted octanol–water partition coefficient (Wildman–Crippen LogP) is 1.10. The van der Waals surface area contributed by atoms with Crippen molar-refractivity contribution in [1.29, 1.82) is 0 Å². The summed E-state index contributed by atoms with van der Waals surface area (Å²) in [5.74, 6) is 0.620. The summed E-state index contributed by atoms with van der Waals surface area (Å²) in [6, 6.07) is 0.333. The zero-order valence-corrected chi connectivity index (χ0v) is 12.6. The minimum absolute atomic E-state index is 0.0796. The van der Waals surface area contributed by atoms with Crippen LogP contribution in [0, 0.1) is 0 Å². The van der Waals surface area contributed by atoms with E-state index >= 15 is 0 Å². The number of rotatable bonds is 3. The molecule has 112 valence electrons. The Labute approximate surface area is 119 Å². The Morgan fingerprint density at radius 3 is 2.95 bits per heavy atom. The summed E-state index contributed by atoms with van der Waals surface area (Å²) in [4.78, 5) is 20.6. The molecule has 1 fully saturated rings. The van der Waals surface area contributed by atoms with Crippen LogP contribution in [0.5, 0.6) is 0 Å². The van der Waals surface area contributed by atoms with E-state index in [0.29, 0.717) is 11.9 Å². The van der Waals surface area contributed by atoms with Crippen LogP contribution in [0.1, 0.15) is 40.0 Å². The summed E-state index contributed by atoms with van der Waals surface area (Å²) >= 11 is 0. The maximum atomic E-state index is 11.6. The van der Waals surface area contributed by atoms with E-state index in [1.165, 1.54) is 12.7 Å². The van der Waals surface area contributed by atoms with Gasteiger partial charge in [0, 0.05) is 24.7 Å². The normalized spacial score (nSPS) is 20.1. The van der Waals surface area contributed by atoms with E-state index in [4.69, 9.17) is 5.73 Å². The minimum atomic E-state index is -0.261. The summed E-state index contributed by atoms with van der Waals surface area (Å²) < 4.78 is 0. The van der Waals surface area contributed by atoms with Crippen LogP contribution >= 0.6 is 0 Å². The van der Waals surface area contributed by atoms with Crippen LogP contribution in [-0.4, -0.2) is 34.6 Å². The molecule has 0 amide bonds. The first-order valence-corrected chi connectivity index (χ1v) is 7.23. The van der Waals surface area contributed by atoms with E-state index < -0.39 is 0 Å². The lowest BCUT2D eigenvalue weighted by molar-refractivity contribution is 0.365. The molecule has 1 unspecified atom stereocenters. The van der Waals surface area contributed by atoms with Crippen molar-refractivity contribution in [3.8, 4) is 0 Å². The lowest BCUT2D eigenvalue weighted by atomic mass is 10.0. The van der Waals surface area contributed by atoms with Gasteiger partial charge in [0.2, 0.25) is 0 Å². The number of aromatic nitrogens is 2. The Bertz CT molecular complexity index is 505. The summed E-state index contributed by atoms with van der Waals surface area (Å²) in [5.41, 5.74) is 5.93. The average molecular weight is 279 g/mol. The van der Waals surface area contributed by atoms with Gasteiger partial charge in [-0.25, -0.2) is 4.98 Å². The average Bonchev–Trinajstić information content (AvgIpc) is 2.39. The maximum Gasteiger partial charge on any atom is 0.276 e. The van der Waals surface area contributed by atoms with Crippen molar-refractivity contribution in [1.82, 2.24) is 15.3 Å². The molecule has 1 aromatic heterocycles. The van der Waals surface area contributed by atoms with Gasteiger partial charge < -0.3 is 20.9 Å². The quantitative estimate of drug-likeness (QED) is 0.771. The van der Waals surface area contributed by atoms with Crippen molar-refractivity contribution >= 4 is 11.5 Å². The molecule has 0 saturated carbocycles. The van der Waals surface area contributed by atoms with Crippen LogP contribution < -0.4 is 21.5 Å². The smallest absolute Gasteiger partial charge is 0.276 e. The first kappa shape index (κ1) is 14.8. The predicted molar refractivity (Wildman–Crippen MR) is 82.0 cm³/mol. The standard InChI is InChI=1S/C14H25N5O/c1-14(2,3)18-8-10-6-4-5-7-19(10)12-11(15)13(20)17-9-16-12/h9-10,18H,4-8,15H2,1-3H3,(H,16,17,20). The van der Waals surface area contributed by atoms with Crippen LogP contribution in [0.25, 0.3) is 0 Å². The monoisotopic (exact) mass is 279 g/mol. The van der Waals surface area contributed by atoms with Gasteiger partial charge in [0.25, 0.3) is 5.56 Å². The molecule has 0 spiro atoms. The van der Waals surface area contributed by atoms with Gasteiger partial charge >= 0.3 is 0 Å². The lowest BCUT2D eigenvalue weighted by Crippen LogP contribution is -2.50. The Hall–Kier alpha value is -1.56. The van der Waals surface area contributed by atoms with Crippen LogP contribution in [-0.2, 0) is 0 Å². The molecule has 1 atom stereocenters. The molecule has 20 heavy (non-hydrogen) atoms. The van der Waals surface area contributed by atoms with Gasteiger partial charge in [0.05, 0.1) is 6.33 Å². The molecule has 0 aliphatic carbocycles. The summed E-state index contributed by atoms with van der Waals surface area (Å²) in [6.07, 6.45) is 4.84. The van der Waals surface area contributed by atoms with Crippen molar-refractivity contribution in [2.24, 2.45) is 0 Å². The van der Waals surface area contributed by atoms with Crippen LogP contribution in [0.2, 0.25) is 0 Å². The van der Waals surface area contributed by atoms with Gasteiger partial charge in [-0.1, -0.05) is 0 Å². The fourth-order valence-electron chi connectivity index (χ4n) is 2.55. The fourth-order valence-corrected chi connectivity index (χ4v) is 2.55. The lowest BCUT2D eigenvalue weighted by Gasteiger charge is -2.38. The number of piperidine rings is 1. The molecule has 1 saturated heterocycles. The Morgan fingerprint density at radius 1 is 1.50 bits per heavy atom. The molecule has 6 heteroatoms. The number of hydrogen-bond acceptors (Lipinski definition) is 5. The molecule has 6 nitrogen and oxygen atoms in total. The molecule has 1 aromatic rings. The Morgan fingerprint density at radius 2 is 2.25 bits per heavy atom. The number of anilines is 2. The molecule has 0 aromatic carbocycles. The van der Waals surface area contributed by atoms with E-state index in [1.54, 1.807) is 0 Å². The van der Waals surface area contributed by atoms with Gasteiger partial charge in [0.1, 0.15) is 5.69 Å². The fraction of sp³-hybridized carbons (Fsp3) is 0.714. The van der Waals surface area contributed by atoms with Crippen molar-refractivity contribution in [3.63, 3.8) is 0 Å². The summed E-state index contributed by atoms with van der Waals surface area (Å²) in [6.45, 7) is 8.23. The Kier molecular flexibility index (Phi) is 4.32. The molecule has 1 aliphatic rings. The van der Waals surface area contributed by atoms with E-state index in [-0.39, 0.29) is 16.8 Å². The number of nitrogens with two attached hydrogens (primary N) is 1. The molecular formula is C14H25N5O. The van der Waals surface area contributed by atoms with Gasteiger partial charge in [-0.05, 0) is 40.0 Å². The highest BCUT2D eigenvalue weighted by Crippen LogP contribution is 2.25. The molecule has 4 N–H and O–H groups in total. The third kappa shape index (κ3) is 3.50. The van der Waals surface area contributed by atoms with E-state index in [1.807, 2.05) is 0 Å². The van der Waals surface area contributed by atoms with Crippen LogP contribution in [0.4, 0.5) is 11.5 Å². The topological polar surface area (TPSA) is 87.0 Å². The third-order valence-electron chi connectivity index (χ3n) is 3.64.